The maximum Gasteiger partial charge on any atom is 0.310 e. The first-order valence-electron chi connectivity index (χ1n) is 7.83. The standard InChI is InChI=1S/C16H25FN2O4S/c1-4-5-10-19(2)24(21,22)18-12-14(16(20)23-3)11-13-6-8-15(17)9-7-13/h6-9,14,18H,4-5,10-12H2,1-3H3/t14-/m0/s1. The Balaban J connectivity index is 2.72. The van der Waals surface area contributed by atoms with Crippen LogP contribution in [0, 0.1) is 11.7 Å². The van der Waals surface area contributed by atoms with Crippen molar-refractivity contribution in [1.82, 2.24) is 9.03 Å². The van der Waals surface area contributed by atoms with E-state index in [-0.39, 0.29) is 18.8 Å². The van der Waals surface area contributed by atoms with Crippen molar-refractivity contribution in [3.05, 3.63) is 35.6 Å². The van der Waals surface area contributed by atoms with Crippen molar-refractivity contribution in [2.24, 2.45) is 5.92 Å². The molecule has 0 heterocycles. The maximum atomic E-state index is 13.0. The second kappa shape index (κ2) is 9.71. The predicted molar refractivity (Wildman–Crippen MR) is 90.1 cm³/mol. The van der Waals surface area contributed by atoms with Gasteiger partial charge in [-0.2, -0.15) is 12.7 Å². The Hall–Kier alpha value is -1.51. The van der Waals surface area contributed by atoms with Gasteiger partial charge in [0.2, 0.25) is 0 Å². The van der Waals surface area contributed by atoms with E-state index >= 15 is 0 Å². The summed E-state index contributed by atoms with van der Waals surface area (Å²) in [7, 11) is -0.910. The summed E-state index contributed by atoms with van der Waals surface area (Å²) < 4.78 is 45.7. The SMILES string of the molecule is CCCCN(C)S(=O)(=O)NC[C@H](Cc1ccc(F)cc1)C(=O)OC. The number of hydrogen-bond donors (Lipinski definition) is 1. The van der Waals surface area contributed by atoms with E-state index in [4.69, 9.17) is 4.74 Å². The Kier molecular flexibility index (Phi) is 8.30. The minimum atomic E-state index is -3.65. The van der Waals surface area contributed by atoms with Crippen molar-refractivity contribution in [3.63, 3.8) is 0 Å². The van der Waals surface area contributed by atoms with Crippen LogP contribution in [0.2, 0.25) is 0 Å². The zero-order valence-electron chi connectivity index (χ0n) is 14.3. The van der Waals surface area contributed by atoms with Crippen LogP contribution >= 0.6 is 0 Å². The summed E-state index contributed by atoms with van der Waals surface area (Å²) in [5.41, 5.74) is 0.727. The molecule has 0 aliphatic heterocycles. The van der Waals surface area contributed by atoms with Crippen molar-refractivity contribution in [2.75, 3.05) is 27.2 Å². The van der Waals surface area contributed by atoms with Crippen LogP contribution in [0.3, 0.4) is 0 Å². The highest BCUT2D eigenvalue weighted by Gasteiger charge is 2.24. The van der Waals surface area contributed by atoms with Gasteiger partial charge in [0, 0.05) is 20.1 Å². The molecular weight excluding hydrogens is 335 g/mol. The third kappa shape index (κ3) is 6.54. The van der Waals surface area contributed by atoms with Crippen molar-refractivity contribution >= 4 is 16.2 Å². The van der Waals surface area contributed by atoms with E-state index in [9.17, 15) is 17.6 Å². The van der Waals surface area contributed by atoms with Crippen LogP contribution in [-0.4, -0.2) is 45.9 Å². The molecular formula is C16H25FN2O4S. The molecule has 0 unspecified atom stereocenters. The summed E-state index contributed by atoms with van der Waals surface area (Å²) in [5, 5.41) is 0. The van der Waals surface area contributed by atoms with Gasteiger partial charge in [-0.3, -0.25) is 4.79 Å². The van der Waals surface area contributed by atoms with Crippen LogP contribution in [-0.2, 0) is 26.2 Å². The number of benzene rings is 1. The number of esters is 1. The van der Waals surface area contributed by atoms with Gasteiger partial charge in [-0.1, -0.05) is 25.5 Å². The fourth-order valence-corrected chi connectivity index (χ4v) is 3.13. The summed E-state index contributed by atoms with van der Waals surface area (Å²) >= 11 is 0. The topological polar surface area (TPSA) is 75.7 Å². The van der Waals surface area contributed by atoms with Crippen molar-refractivity contribution in [2.45, 2.75) is 26.2 Å². The molecule has 1 aromatic rings. The van der Waals surface area contributed by atoms with Gasteiger partial charge in [0.05, 0.1) is 13.0 Å². The molecule has 8 heteroatoms. The predicted octanol–water partition coefficient (Wildman–Crippen LogP) is 1.72. The average molecular weight is 360 g/mol. The van der Waals surface area contributed by atoms with Crippen molar-refractivity contribution in [1.29, 1.82) is 0 Å². The molecule has 1 aromatic carbocycles. The van der Waals surface area contributed by atoms with Gasteiger partial charge in [-0.05, 0) is 30.5 Å². The average Bonchev–Trinajstić information content (AvgIpc) is 2.57. The summed E-state index contributed by atoms with van der Waals surface area (Å²) in [6.07, 6.45) is 1.90. The Morgan fingerprint density at radius 1 is 1.33 bits per heavy atom. The second-order valence-electron chi connectivity index (χ2n) is 5.58. The zero-order chi connectivity index (χ0) is 18.2. The fraction of sp³-hybridized carbons (Fsp3) is 0.562. The van der Waals surface area contributed by atoms with Crippen LogP contribution in [0.15, 0.2) is 24.3 Å². The minimum absolute atomic E-state index is 0.0805. The molecule has 6 nitrogen and oxygen atoms in total. The van der Waals surface area contributed by atoms with Crippen LogP contribution in [0.1, 0.15) is 25.3 Å². The number of halogens is 1. The van der Waals surface area contributed by atoms with Gasteiger partial charge in [-0.25, -0.2) is 9.11 Å². The summed E-state index contributed by atoms with van der Waals surface area (Å²) in [5.74, 6) is -1.57. The second-order valence-corrected chi connectivity index (χ2v) is 7.44. The normalized spacial score (nSPS) is 13.0. The first-order chi connectivity index (χ1) is 11.3. The van der Waals surface area contributed by atoms with E-state index in [0.29, 0.717) is 6.54 Å². The van der Waals surface area contributed by atoms with E-state index in [1.807, 2.05) is 6.92 Å². The Morgan fingerprint density at radius 2 is 1.96 bits per heavy atom. The number of rotatable bonds is 10. The molecule has 0 bridgehead atoms. The minimum Gasteiger partial charge on any atom is -0.469 e. The van der Waals surface area contributed by atoms with Gasteiger partial charge >= 0.3 is 5.97 Å². The van der Waals surface area contributed by atoms with Gasteiger partial charge in [0.1, 0.15) is 5.82 Å². The summed E-state index contributed by atoms with van der Waals surface area (Å²) in [6, 6.07) is 5.72. The zero-order valence-corrected chi connectivity index (χ0v) is 15.1. The van der Waals surface area contributed by atoms with E-state index in [1.54, 1.807) is 12.1 Å². The molecule has 0 saturated carbocycles. The van der Waals surface area contributed by atoms with Gasteiger partial charge in [0.15, 0.2) is 0 Å². The highest BCUT2D eigenvalue weighted by molar-refractivity contribution is 7.87. The van der Waals surface area contributed by atoms with Crippen LogP contribution in [0.4, 0.5) is 4.39 Å². The number of unbranched alkanes of at least 4 members (excludes halogenated alkanes) is 1. The number of carbonyl (C=O) groups is 1. The molecule has 0 amide bonds. The number of methoxy groups -OCH3 is 1. The van der Waals surface area contributed by atoms with Crippen LogP contribution in [0.25, 0.3) is 0 Å². The van der Waals surface area contributed by atoms with E-state index in [1.165, 1.54) is 30.6 Å². The molecule has 1 N–H and O–H groups in total. The maximum absolute atomic E-state index is 13.0. The summed E-state index contributed by atoms with van der Waals surface area (Å²) in [4.78, 5) is 11.9. The quantitative estimate of drug-likeness (QED) is 0.645. The van der Waals surface area contributed by atoms with Crippen molar-refractivity contribution < 1.29 is 22.3 Å². The molecule has 136 valence electrons. The monoisotopic (exact) mass is 360 g/mol. The fourth-order valence-electron chi connectivity index (χ4n) is 2.13. The van der Waals surface area contributed by atoms with Gasteiger partial charge in [-0.15, -0.1) is 0 Å². The molecule has 0 saturated heterocycles. The Morgan fingerprint density at radius 3 is 2.50 bits per heavy atom. The molecule has 0 aromatic heterocycles. The molecule has 0 spiro atoms. The van der Waals surface area contributed by atoms with E-state index < -0.39 is 22.1 Å². The van der Waals surface area contributed by atoms with Crippen LogP contribution in [0.5, 0.6) is 0 Å². The van der Waals surface area contributed by atoms with E-state index in [2.05, 4.69) is 4.72 Å². The molecule has 0 radical (unpaired) electrons. The number of nitrogens with zero attached hydrogens (tertiary/aromatic N) is 1. The molecule has 1 rings (SSSR count). The Labute approximate surface area is 143 Å². The number of ether oxygens (including phenoxy) is 1. The third-order valence-corrected chi connectivity index (χ3v) is 5.21. The Bertz CT molecular complexity index is 619. The lowest BCUT2D eigenvalue weighted by molar-refractivity contribution is -0.145. The lowest BCUT2D eigenvalue weighted by Crippen LogP contribution is -2.42. The highest BCUT2D eigenvalue weighted by atomic mass is 32.2. The lowest BCUT2D eigenvalue weighted by atomic mass is 9.99. The number of hydrogen-bond acceptors (Lipinski definition) is 4. The molecule has 0 aliphatic carbocycles. The summed E-state index contributed by atoms with van der Waals surface area (Å²) in [6.45, 7) is 2.30. The molecule has 24 heavy (non-hydrogen) atoms. The number of carbonyl (C=O) groups excluding carboxylic acids is 1. The van der Waals surface area contributed by atoms with E-state index in [0.717, 1.165) is 18.4 Å². The van der Waals surface area contributed by atoms with Gasteiger partial charge in [0.25, 0.3) is 10.2 Å². The first-order valence-corrected chi connectivity index (χ1v) is 9.27. The molecule has 1 atom stereocenters. The van der Waals surface area contributed by atoms with Crippen molar-refractivity contribution in [3.8, 4) is 0 Å². The highest BCUT2D eigenvalue weighted by Crippen LogP contribution is 2.12. The van der Waals surface area contributed by atoms with Crippen LogP contribution < -0.4 is 4.72 Å². The lowest BCUT2D eigenvalue weighted by Gasteiger charge is -2.20. The third-order valence-electron chi connectivity index (χ3n) is 3.68. The first kappa shape index (κ1) is 20.5. The molecule has 0 aliphatic rings. The number of nitrogens with one attached hydrogen (secondary N) is 1. The molecule has 0 fully saturated rings. The smallest absolute Gasteiger partial charge is 0.310 e. The largest absolute Gasteiger partial charge is 0.469 e. The van der Waals surface area contributed by atoms with Gasteiger partial charge < -0.3 is 4.74 Å².